The van der Waals surface area contributed by atoms with Gasteiger partial charge in [0.15, 0.2) is 0 Å². The van der Waals surface area contributed by atoms with Crippen LogP contribution in [0, 0.1) is 0 Å². The standard InChI is InChI=1S/C15H21NO3/c1-2-9-19-14-7-4-8-16(11-14)15(18)12-5-3-6-13(17)10-12/h3,5-6,10,14,17H,2,4,7-9,11H2,1H3. The fourth-order valence-electron chi connectivity index (χ4n) is 2.36. The van der Waals surface area contributed by atoms with E-state index in [-0.39, 0.29) is 17.8 Å². The van der Waals surface area contributed by atoms with E-state index in [1.54, 1.807) is 18.2 Å². The topological polar surface area (TPSA) is 49.8 Å². The molecule has 1 aliphatic heterocycles. The Morgan fingerprint density at radius 2 is 2.37 bits per heavy atom. The van der Waals surface area contributed by atoms with Gasteiger partial charge in [0.1, 0.15) is 5.75 Å². The van der Waals surface area contributed by atoms with Gasteiger partial charge in [-0.1, -0.05) is 13.0 Å². The highest BCUT2D eigenvalue weighted by atomic mass is 16.5. The molecule has 1 heterocycles. The number of carbonyl (C=O) groups excluding carboxylic acids is 1. The van der Waals surface area contributed by atoms with E-state index in [4.69, 9.17) is 4.74 Å². The van der Waals surface area contributed by atoms with Gasteiger partial charge in [-0.05, 0) is 37.5 Å². The Labute approximate surface area is 114 Å². The Bertz CT molecular complexity index is 433. The van der Waals surface area contributed by atoms with Crippen LogP contribution >= 0.6 is 0 Å². The summed E-state index contributed by atoms with van der Waals surface area (Å²) in [5.41, 5.74) is 0.538. The fraction of sp³-hybridized carbons (Fsp3) is 0.533. The summed E-state index contributed by atoms with van der Waals surface area (Å²) < 4.78 is 5.73. The second-order valence-electron chi connectivity index (χ2n) is 4.94. The third-order valence-corrected chi connectivity index (χ3v) is 3.32. The number of hydrogen-bond donors (Lipinski definition) is 1. The number of carbonyl (C=O) groups is 1. The molecule has 1 aromatic rings. The van der Waals surface area contributed by atoms with Gasteiger partial charge < -0.3 is 14.7 Å². The second-order valence-corrected chi connectivity index (χ2v) is 4.94. The molecule has 1 atom stereocenters. The van der Waals surface area contributed by atoms with Gasteiger partial charge in [0.2, 0.25) is 0 Å². The lowest BCUT2D eigenvalue weighted by Crippen LogP contribution is -2.43. The molecule has 1 aromatic carbocycles. The number of piperidine rings is 1. The molecule has 1 amide bonds. The van der Waals surface area contributed by atoms with E-state index in [2.05, 4.69) is 6.92 Å². The number of nitrogens with zero attached hydrogens (tertiary/aromatic N) is 1. The van der Waals surface area contributed by atoms with Crippen molar-refractivity contribution in [2.24, 2.45) is 0 Å². The van der Waals surface area contributed by atoms with Crippen molar-refractivity contribution in [3.63, 3.8) is 0 Å². The van der Waals surface area contributed by atoms with E-state index in [1.807, 2.05) is 4.90 Å². The van der Waals surface area contributed by atoms with Gasteiger partial charge in [0.05, 0.1) is 6.10 Å². The zero-order chi connectivity index (χ0) is 13.7. The van der Waals surface area contributed by atoms with E-state index in [1.165, 1.54) is 6.07 Å². The van der Waals surface area contributed by atoms with Crippen LogP contribution in [0.4, 0.5) is 0 Å². The SMILES string of the molecule is CCCOC1CCCN(C(=O)c2cccc(O)c2)C1. The Morgan fingerprint density at radius 1 is 1.53 bits per heavy atom. The number of aromatic hydroxyl groups is 1. The molecule has 1 fully saturated rings. The quantitative estimate of drug-likeness (QED) is 0.907. The molecule has 2 rings (SSSR count). The molecule has 0 radical (unpaired) electrons. The third-order valence-electron chi connectivity index (χ3n) is 3.32. The Balaban J connectivity index is 1.99. The number of rotatable bonds is 4. The molecule has 1 unspecified atom stereocenters. The molecular weight excluding hydrogens is 242 g/mol. The highest BCUT2D eigenvalue weighted by molar-refractivity contribution is 5.94. The number of amides is 1. The van der Waals surface area contributed by atoms with Crippen molar-refractivity contribution in [3.05, 3.63) is 29.8 Å². The zero-order valence-electron chi connectivity index (χ0n) is 11.3. The lowest BCUT2D eigenvalue weighted by molar-refractivity contribution is 0.00210. The summed E-state index contributed by atoms with van der Waals surface area (Å²) in [4.78, 5) is 14.1. The number of likely N-dealkylation sites (tertiary alicyclic amines) is 1. The van der Waals surface area contributed by atoms with Crippen LogP contribution in [0.25, 0.3) is 0 Å². The average molecular weight is 263 g/mol. The normalized spacial score (nSPS) is 19.4. The first kappa shape index (κ1) is 13.9. The molecule has 4 nitrogen and oxygen atoms in total. The fourth-order valence-corrected chi connectivity index (χ4v) is 2.36. The van der Waals surface area contributed by atoms with Gasteiger partial charge >= 0.3 is 0 Å². The van der Waals surface area contributed by atoms with Crippen LogP contribution in [0.3, 0.4) is 0 Å². The zero-order valence-corrected chi connectivity index (χ0v) is 11.3. The van der Waals surface area contributed by atoms with E-state index in [0.29, 0.717) is 12.1 Å². The van der Waals surface area contributed by atoms with Crippen LogP contribution in [0.1, 0.15) is 36.5 Å². The molecule has 0 aromatic heterocycles. The van der Waals surface area contributed by atoms with Crippen molar-refractivity contribution in [1.82, 2.24) is 4.90 Å². The number of phenolic OH excluding ortho intramolecular Hbond substituents is 1. The maximum atomic E-state index is 12.3. The van der Waals surface area contributed by atoms with Gasteiger partial charge in [0.25, 0.3) is 5.91 Å². The molecule has 0 spiro atoms. The molecule has 104 valence electrons. The van der Waals surface area contributed by atoms with Crippen molar-refractivity contribution in [2.45, 2.75) is 32.3 Å². The molecule has 4 heteroatoms. The van der Waals surface area contributed by atoms with Crippen molar-refractivity contribution in [1.29, 1.82) is 0 Å². The number of ether oxygens (including phenoxy) is 1. The summed E-state index contributed by atoms with van der Waals surface area (Å²) in [5.74, 6) is 0.0994. The lowest BCUT2D eigenvalue weighted by atomic mass is 10.1. The monoisotopic (exact) mass is 263 g/mol. The number of phenols is 1. The molecule has 1 aliphatic rings. The summed E-state index contributed by atoms with van der Waals surface area (Å²) in [6.45, 7) is 4.24. The van der Waals surface area contributed by atoms with E-state index in [9.17, 15) is 9.90 Å². The minimum atomic E-state index is -0.0271. The summed E-state index contributed by atoms with van der Waals surface area (Å²) in [5, 5.41) is 9.43. The lowest BCUT2D eigenvalue weighted by Gasteiger charge is -2.32. The van der Waals surface area contributed by atoms with Gasteiger partial charge in [-0.3, -0.25) is 4.79 Å². The van der Waals surface area contributed by atoms with Gasteiger partial charge in [-0.2, -0.15) is 0 Å². The molecular formula is C15H21NO3. The van der Waals surface area contributed by atoms with E-state index >= 15 is 0 Å². The maximum Gasteiger partial charge on any atom is 0.254 e. The summed E-state index contributed by atoms with van der Waals surface area (Å²) in [6, 6.07) is 6.51. The van der Waals surface area contributed by atoms with Crippen molar-refractivity contribution >= 4 is 5.91 Å². The first-order valence-corrected chi connectivity index (χ1v) is 6.90. The molecule has 0 bridgehead atoms. The minimum absolute atomic E-state index is 0.0271. The highest BCUT2D eigenvalue weighted by Gasteiger charge is 2.24. The Morgan fingerprint density at radius 3 is 3.11 bits per heavy atom. The van der Waals surface area contributed by atoms with Crippen LogP contribution in [0.5, 0.6) is 5.75 Å². The number of benzene rings is 1. The molecule has 1 N–H and O–H groups in total. The molecule has 0 saturated carbocycles. The van der Waals surface area contributed by atoms with E-state index < -0.39 is 0 Å². The largest absolute Gasteiger partial charge is 0.508 e. The van der Waals surface area contributed by atoms with Crippen LogP contribution in [-0.2, 0) is 4.74 Å². The van der Waals surface area contributed by atoms with Crippen LogP contribution in [0.2, 0.25) is 0 Å². The summed E-state index contributed by atoms with van der Waals surface area (Å²) >= 11 is 0. The predicted molar refractivity (Wildman–Crippen MR) is 73.3 cm³/mol. The van der Waals surface area contributed by atoms with Gasteiger partial charge in [-0.15, -0.1) is 0 Å². The highest BCUT2D eigenvalue weighted by Crippen LogP contribution is 2.18. The number of hydrogen-bond acceptors (Lipinski definition) is 3. The third kappa shape index (κ3) is 3.70. The van der Waals surface area contributed by atoms with Gasteiger partial charge in [0, 0.05) is 25.3 Å². The van der Waals surface area contributed by atoms with E-state index in [0.717, 1.165) is 32.4 Å². The molecule has 1 saturated heterocycles. The first-order valence-electron chi connectivity index (χ1n) is 6.90. The Hall–Kier alpha value is -1.55. The minimum Gasteiger partial charge on any atom is -0.508 e. The second kappa shape index (κ2) is 6.57. The molecule has 19 heavy (non-hydrogen) atoms. The maximum absolute atomic E-state index is 12.3. The van der Waals surface area contributed by atoms with Crippen molar-refractivity contribution < 1.29 is 14.6 Å². The molecule has 0 aliphatic carbocycles. The Kier molecular flexibility index (Phi) is 4.80. The van der Waals surface area contributed by atoms with Crippen LogP contribution in [0.15, 0.2) is 24.3 Å². The predicted octanol–water partition coefficient (Wildman–Crippen LogP) is 2.42. The first-order chi connectivity index (χ1) is 9.20. The summed E-state index contributed by atoms with van der Waals surface area (Å²) in [7, 11) is 0. The van der Waals surface area contributed by atoms with Crippen LogP contribution in [-0.4, -0.2) is 41.7 Å². The smallest absolute Gasteiger partial charge is 0.254 e. The average Bonchev–Trinajstić information content (AvgIpc) is 2.44. The van der Waals surface area contributed by atoms with Crippen LogP contribution < -0.4 is 0 Å². The van der Waals surface area contributed by atoms with Gasteiger partial charge in [-0.25, -0.2) is 0 Å². The van der Waals surface area contributed by atoms with Crippen molar-refractivity contribution in [2.75, 3.05) is 19.7 Å². The summed E-state index contributed by atoms with van der Waals surface area (Å²) in [6.07, 6.45) is 3.13. The van der Waals surface area contributed by atoms with Crippen molar-refractivity contribution in [3.8, 4) is 5.75 Å².